The molecular formula is C20H26N2O3. The SMILES string of the molecule is CC(C)(C)c1cc(Nc2ccccc2[N+](=O)[O-])c(O)c(C(C)(C)C)c1. The quantitative estimate of drug-likeness (QED) is 0.430. The Morgan fingerprint density at radius 1 is 0.960 bits per heavy atom. The summed E-state index contributed by atoms with van der Waals surface area (Å²) in [4.78, 5) is 10.8. The van der Waals surface area contributed by atoms with Gasteiger partial charge in [-0.2, -0.15) is 0 Å². The minimum atomic E-state index is -0.433. The summed E-state index contributed by atoms with van der Waals surface area (Å²) in [6, 6.07) is 10.3. The fourth-order valence-corrected chi connectivity index (χ4v) is 2.62. The molecule has 0 saturated carbocycles. The van der Waals surface area contributed by atoms with E-state index in [0.29, 0.717) is 11.4 Å². The van der Waals surface area contributed by atoms with Crippen LogP contribution in [0.15, 0.2) is 36.4 Å². The normalized spacial score (nSPS) is 12.1. The maximum Gasteiger partial charge on any atom is 0.292 e. The molecule has 0 aromatic heterocycles. The van der Waals surface area contributed by atoms with E-state index in [4.69, 9.17) is 0 Å². The van der Waals surface area contributed by atoms with E-state index >= 15 is 0 Å². The Morgan fingerprint density at radius 2 is 1.56 bits per heavy atom. The van der Waals surface area contributed by atoms with Gasteiger partial charge in [0.25, 0.3) is 5.69 Å². The maximum absolute atomic E-state index is 11.3. The van der Waals surface area contributed by atoms with E-state index in [1.165, 1.54) is 6.07 Å². The van der Waals surface area contributed by atoms with Crippen LogP contribution in [0.5, 0.6) is 5.75 Å². The van der Waals surface area contributed by atoms with Crippen molar-refractivity contribution < 1.29 is 10.0 Å². The third-order valence-corrected chi connectivity index (χ3v) is 4.15. The summed E-state index contributed by atoms with van der Waals surface area (Å²) in [5, 5.41) is 25.1. The van der Waals surface area contributed by atoms with Gasteiger partial charge < -0.3 is 10.4 Å². The molecule has 0 spiro atoms. The lowest BCUT2D eigenvalue weighted by Gasteiger charge is -2.27. The lowest BCUT2D eigenvalue weighted by Crippen LogP contribution is -2.17. The second-order valence-corrected chi connectivity index (χ2v) is 8.32. The fourth-order valence-electron chi connectivity index (χ4n) is 2.62. The Labute approximate surface area is 148 Å². The predicted octanol–water partition coefficient (Wildman–Crippen LogP) is 5.64. The molecule has 0 heterocycles. The van der Waals surface area contributed by atoms with Gasteiger partial charge in [0.2, 0.25) is 0 Å². The second kappa shape index (κ2) is 6.39. The molecule has 5 heteroatoms. The van der Waals surface area contributed by atoms with Gasteiger partial charge >= 0.3 is 0 Å². The number of benzene rings is 2. The third-order valence-electron chi connectivity index (χ3n) is 4.15. The van der Waals surface area contributed by atoms with Crippen LogP contribution in [-0.4, -0.2) is 10.0 Å². The van der Waals surface area contributed by atoms with Gasteiger partial charge in [0.15, 0.2) is 0 Å². The van der Waals surface area contributed by atoms with Crippen LogP contribution < -0.4 is 5.32 Å². The van der Waals surface area contributed by atoms with Crippen LogP contribution >= 0.6 is 0 Å². The second-order valence-electron chi connectivity index (χ2n) is 8.32. The summed E-state index contributed by atoms with van der Waals surface area (Å²) in [6.45, 7) is 12.4. The van der Waals surface area contributed by atoms with Crippen LogP contribution in [0.25, 0.3) is 0 Å². The number of hydrogen-bond acceptors (Lipinski definition) is 4. The topological polar surface area (TPSA) is 75.4 Å². The molecule has 2 aromatic rings. The summed E-state index contributed by atoms with van der Waals surface area (Å²) in [5.41, 5.74) is 2.29. The molecule has 0 amide bonds. The van der Waals surface area contributed by atoms with Crippen LogP contribution in [-0.2, 0) is 10.8 Å². The van der Waals surface area contributed by atoms with Gasteiger partial charge in [-0.3, -0.25) is 10.1 Å². The molecule has 0 bridgehead atoms. The average molecular weight is 342 g/mol. The zero-order valence-corrected chi connectivity index (χ0v) is 15.7. The van der Waals surface area contributed by atoms with E-state index in [-0.39, 0.29) is 22.3 Å². The van der Waals surface area contributed by atoms with E-state index in [1.807, 2.05) is 32.9 Å². The van der Waals surface area contributed by atoms with E-state index < -0.39 is 4.92 Å². The van der Waals surface area contributed by atoms with Gasteiger partial charge in [-0.25, -0.2) is 0 Å². The molecule has 0 aliphatic carbocycles. The van der Waals surface area contributed by atoms with Crippen LogP contribution in [0.3, 0.4) is 0 Å². The highest BCUT2D eigenvalue weighted by atomic mass is 16.6. The van der Waals surface area contributed by atoms with Gasteiger partial charge in [0, 0.05) is 11.6 Å². The fraction of sp³-hybridized carbons (Fsp3) is 0.400. The Bertz CT molecular complexity index is 800. The number of hydrogen-bond donors (Lipinski definition) is 2. The lowest BCUT2D eigenvalue weighted by atomic mass is 9.79. The Morgan fingerprint density at radius 3 is 2.08 bits per heavy atom. The molecule has 0 aliphatic rings. The molecular weight excluding hydrogens is 316 g/mol. The summed E-state index contributed by atoms with van der Waals surface area (Å²) >= 11 is 0. The number of nitrogens with one attached hydrogen (secondary N) is 1. The van der Waals surface area contributed by atoms with Crippen LogP contribution in [0.2, 0.25) is 0 Å². The average Bonchev–Trinajstić information content (AvgIpc) is 2.47. The molecule has 0 fully saturated rings. The summed E-state index contributed by atoms with van der Waals surface area (Å²) < 4.78 is 0. The molecule has 25 heavy (non-hydrogen) atoms. The van der Waals surface area contributed by atoms with Gasteiger partial charge in [-0.15, -0.1) is 0 Å². The molecule has 2 rings (SSSR count). The van der Waals surface area contributed by atoms with E-state index in [1.54, 1.807) is 18.2 Å². The summed E-state index contributed by atoms with van der Waals surface area (Å²) in [7, 11) is 0. The predicted molar refractivity (Wildman–Crippen MR) is 102 cm³/mol. The van der Waals surface area contributed by atoms with Crippen LogP contribution in [0, 0.1) is 10.1 Å². The van der Waals surface area contributed by atoms with Crippen molar-refractivity contribution in [3.63, 3.8) is 0 Å². The standard InChI is InChI=1S/C20H26N2O3/c1-19(2,3)13-11-14(20(4,5)6)18(23)16(12-13)21-15-9-7-8-10-17(15)22(24)25/h7-12,21,23H,1-6H3. The third kappa shape index (κ3) is 4.10. The molecule has 0 saturated heterocycles. The molecule has 5 nitrogen and oxygen atoms in total. The van der Waals surface area contributed by atoms with Gasteiger partial charge in [-0.1, -0.05) is 59.7 Å². The molecule has 2 N–H and O–H groups in total. The van der Waals surface area contributed by atoms with Crippen molar-refractivity contribution in [3.8, 4) is 5.75 Å². The Hall–Kier alpha value is -2.56. The summed E-state index contributed by atoms with van der Waals surface area (Å²) in [6.07, 6.45) is 0. The zero-order valence-electron chi connectivity index (χ0n) is 15.7. The Balaban J connectivity index is 2.64. The molecule has 134 valence electrons. The van der Waals surface area contributed by atoms with Crippen molar-refractivity contribution in [2.75, 3.05) is 5.32 Å². The molecule has 0 atom stereocenters. The Kier molecular flexibility index (Phi) is 4.80. The first-order valence-corrected chi connectivity index (χ1v) is 8.29. The minimum Gasteiger partial charge on any atom is -0.505 e. The maximum atomic E-state index is 11.3. The number of rotatable bonds is 3. The van der Waals surface area contributed by atoms with Crippen molar-refractivity contribution in [3.05, 3.63) is 57.6 Å². The van der Waals surface area contributed by atoms with Gasteiger partial charge in [0.05, 0.1) is 10.6 Å². The lowest BCUT2D eigenvalue weighted by molar-refractivity contribution is -0.383. The highest BCUT2D eigenvalue weighted by Crippen LogP contribution is 2.42. The summed E-state index contributed by atoms with van der Waals surface area (Å²) in [5.74, 6) is 0.124. The van der Waals surface area contributed by atoms with Gasteiger partial charge in [-0.05, 0) is 28.5 Å². The number of nitrogens with zero attached hydrogens (tertiary/aromatic N) is 1. The largest absolute Gasteiger partial charge is 0.505 e. The van der Waals surface area contributed by atoms with E-state index in [9.17, 15) is 15.2 Å². The smallest absolute Gasteiger partial charge is 0.292 e. The van der Waals surface area contributed by atoms with E-state index in [0.717, 1.165) is 11.1 Å². The first-order chi connectivity index (χ1) is 11.4. The number of phenols is 1. The minimum absolute atomic E-state index is 0.0274. The highest BCUT2D eigenvalue weighted by Gasteiger charge is 2.25. The van der Waals surface area contributed by atoms with Crippen LogP contribution in [0.4, 0.5) is 17.1 Å². The zero-order chi connectivity index (χ0) is 19.0. The number of nitro benzene ring substituents is 1. The van der Waals surface area contributed by atoms with Crippen molar-refractivity contribution in [1.29, 1.82) is 0 Å². The van der Waals surface area contributed by atoms with Crippen molar-refractivity contribution in [2.24, 2.45) is 0 Å². The number of nitro groups is 1. The highest BCUT2D eigenvalue weighted by molar-refractivity contribution is 5.75. The van der Waals surface area contributed by atoms with Crippen molar-refractivity contribution in [1.82, 2.24) is 0 Å². The van der Waals surface area contributed by atoms with E-state index in [2.05, 4.69) is 26.1 Å². The number of phenolic OH excluding ortho intramolecular Hbond substituents is 1. The first kappa shape index (κ1) is 18.8. The van der Waals surface area contributed by atoms with Crippen molar-refractivity contribution in [2.45, 2.75) is 52.4 Å². The first-order valence-electron chi connectivity index (χ1n) is 8.29. The van der Waals surface area contributed by atoms with Crippen molar-refractivity contribution >= 4 is 17.1 Å². The number of aromatic hydroxyl groups is 1. The van der Waals surface area contributed by atoms with Gasteiger partial charge in [0.1, 0.15) is 11.4 Å². The molecule has 2 aromatic carbocycles. The number of anilines is 2. The number of para-hydroxylation sites is 2. The van der Waals surface area contributed by atoms with Crippen LogP contribution in [0.1, 0.15) is 52.7 Å². The monoisotopic (exact) mass is 342 g/mol. The molecule has 0 aliphatic heterocycles. The molecule has 0 unspecified atom stereocenters. The molecule has 0 radical (unpaired) electrons.